The Hall–Kier alpha value is -0.460. The first-order valence-corrected chi connectivity index (χ1v) is 9.33. The van der Waals surface area contributed by atoms with Crippen LogP contribution in [-0.4, -0.2) is 39.8 Å². The van der Waals surface area contributed by atoms with Gasteiger partial charge in [-0.25, -0.2) is 0 Å². The monoisotopic (exact) mass is 316 g/mol. The third-order valence-corrected chi connectivity index (χ3v) is 7.41. The first kappa shape index (κ1) is 15.4. The Morgan fingerprint density at radius 1 is 1.33 bits per heavy atom. The summed E-state index contributed by atoms with van der Waals surface area (Å²) in [6.45, 7) is 5.49. The molecular formula is C15H24O5S. The van der Waals surface area contributed by atoms with E-state index in [1.54, 1.807) is 0 Å². The van der Waals surface area contributed by atoms with Crippen molar-refractivity contribution < 1.29 is 22.1 Å². The van der Waals surface area contributed by atoms with E-state index in [2.05, 4.69) is 0 Å². The topological polar surface area (TPSA) is 69.7 Å². The summed E-state index contributed by atoms with van der Waals surface area (Å²) in [7, 11) is -3.68. The Morgan fingerprint density at radius 2 is 2.10 bits per heavy atom. The van der Waals surface area contributed by atoms with Crippen molar-refractivity contribution in [2.75, 3.05) is 25.6 Å². The molecule has 6 heteroatoms. The molecule has 0 amide bonds. The normalized spacial score (nSPS) is 38.3. The van der Waals surface area contributed by atoms with Crippen molar-refractivity contribution in [3.63, 3.8) is 0 Å². The predicted octanol–water partition coefficient (Wildman–Crippen LogP) is 1.76. The minimum absolute atomic E-state index is 0.111. The van der Waals surface area contributed by atoms with Gasteiger partial charge in [-0.1, -0.05) is 13.8 Å². The van der Waals surface area contributed by atoms with Crippen LogP contribution < -0.4 is 0 Å². The predicted molar refractivity (Wildman–Crippen MR) is 77.2 cm³/mol. The molecule has 2 bridgehead atoms. The quantitative estimate of drug-likeness (QED) is 0.723. The molecule has 0 spiro atoms. The zero-order valence-corrected chi connectivity index (χ0v) is 13.6. The van der Waals surface area contributed by atoms with Gasteiger partial charge in [0.2, 0.25) is 0 Å². The van der Waals surface area contributed by atoms with E-state index in [9.17, 15) is 13.2 Å². The van der Waals surface area contributed by atoms with E-state index in [0.717, 1.165) is 12.8 Å². The van der Waals surface area contributed by atoms with Gasteiger partial charge in [0, 0.05) is 18.9 Å². The number of hydrogen-bond acceptors (Lipinski definition) is 5. The number of rotatable bonds is 5. The highest BCUT2D eigenvalue weighted by atomic mass is 32.2. The summed E-state index contributed by atoms with van der Waals surface area (Å²) < 4.78 is 35.1. The van der Waals surface area contributed by atoms with E-state index in [-0.39, 0.29) is 29.5 Å². The molecule has 3 unspecified atom stereocenters. The fraction of sp³-hybridized carbons (Fsp3) is 0.933. The number of carbonyl (C=O) groups is 1. The molecule has 0 radical (unpaired) electrons. The highest BCUT2D eigenvalue weighted by Crippen LogP contribution is 2.64. The van der Waals surface area contributed by atoms with Crippen molar-refractivity contribution in [1.82, 2.24) is 0 Å². The second kappa shape index (κ2) is 5.03. The number of hydrogen-bond donors (Lipinski definition) is 0. The Balaban J connectivity index is 1.70. The third-order valence-electron chi connectivity index (χ3n) is 6.07. The summed E-state index contributed by atoms with van der Waals surface area (Å²) in [5.41, 5.74) is -0.973. The molecule has 0 aromatic carbocycles. The van der Waals surface area contributed by atoms with Gasteiger partial charge in [-0.05, 0) is 30.6 Å². The minimum Gasteiger partial charge on any atom is -0.381 e. The number of ketones is 1. The van der Waals surface area contributed by atoms with Crippen molar-refractivity contribution >= 4 is 15.9 Å². The largest absolute Gasteiger partial charge is 0.381 e. The lowest BCUT2D eigenvalue weighted by Gasteiger charge is -2.35. The van der Waals surface area contributed by atoms with Crippen LogP contribution in [0.3, 0.4) is 0 Å². The molecule has 3 fully saturated rings. The summed E-state index contributed by atoms with van der Waals surface area (Å²) in [4.78, 5) is 12.4. The van der Waals surface area contributed by atoms with Crippen molar-refractivity contribution in [1.29, 1.82) is 0 Å². The fourth-order valence-corrected chi connectivity index (χ4v) is 6.13. The van der Waals surface area contributed by atoms with Crippen LogP contribution in [0.25, 0.3) is 0 Å². The zero-order chi connectivity index (χ0) is 15.3. The molecule has 1 heterocycles. The summed E-state index contributed by atoms with van der Waals surface area (Å²) in [6, 6.07) is 0. The van der Waals surface area contributed by atoms with E-state index in [0.29, 0.717) is 32.0 Å². The average molecular weight is 316 g/mol. The molecule has 0 N–H and O–H groups in total. The molecule has 3 aliphatic rings. The first-order valence-electron chi connectivity index (χ1n) is 7.75. The van der Waals surface area contributed by atoms with Crippen LogP contribution in [0.15, 0.2) is 0 Å². The van der Waals surface area contributed by atoms with Gasteiger partial charge in [0.1, 0.15) is 5.78 Å². The maximum Gasteiger partial charge on any atom is 0.268 e. The number of Topliss-reactive ketones (excluding diaryl/α,β-unsaturated/α-hetero) is 1. The van der Waals surface area contributed by atoms with E-state index >= 15 is 0 Å². The summed E-state index contributed by atoms with van der Waals surface area (Å²) in [5, 5.41) is 0. The highest BCUT2D eigenvalue weighted by molar-refractivity contribution is 7.86. The molecule has 21 heavy (non-hydrogen) atoms. The highest BCUT2D eigenvalue weighted by Gasteiger charge is 2.65. The van der Waals surface area contributed by atoms with Crippen LogP contribution in [0.5, 0.6) is 0 Å². The van der Waals surface area contributed by atoms with Gasteiger partial charge in [-0.3, -0.25) is 8.98 Å². The molecule has 3 atom stereocenters. The Bertz CT molecular complexity index is 532. The Kier molecular flexibility index (Phi) is 3.70. The summed E-state index contributed by atoms with van der Waals surface area (Å²) in [6.07, 6.45) is 3.00. The number of ether oxygens (including phenoxy) is 1. The third kappa shape index (κ3) is 2.45. The van der Waals surface area contributed by atoms with Crippen molar-refractivity contribution in [3.8, 4) is 0 Å². The van der Waals surface area contributed by atoms with Crippen LogP contribution in [0, 0.1) is 22.7 Å². The minimum atomic E-state index is -3.68. The van der Waals surface area contributed by atoms with Crippen LogP contribution in [-0.2, 0) is 23.8 Å². The second-order valence-electron chi connectivity index (χ2n) is 7.38. The SMILES string of the molecule is CC1(C)C2CCC1(CS(=O)(=O)OCC1CCOC1)C(=O)C2. The Morgan fingerprint density at radius 3 is 2.62 bits per heavy atom. The molecular weight excluding hydrogens is 292 g/mol. The lowest BCUT2D eigenvalue weighted by molar-refractivity contribution is -0.128. The van der Waals surface area contributed by atoms with Crippen molar-refractivity contribution in [2.24, 2.45) is 22.7 Å². The number of carbonyl (C=O) groups excluding carboxylic acids is 1. The molecule has 5 nitrogen and oxygen atoms in total. The smallest absolute Gasteiger partial charge is 0.268 e. The molecule has 2 saturated carbocycles. The molecule has 1 saturated heterocycles. The van der Waals surface area contributed by atoms with Crippen LogP contribution in [0.4, 0.5) is 0 Å². The summed E-state index contributed by atoms with van der Waals surface area (Å²) in [5.74, 6) is 0.431. The van der Waals surface area contributed by atoms with Gasteiger partial charge in [0.25, 0.3) is 10.1 Å². The van der Waals surface area contributed by atoms with Crippen molar-refractivity contribution in [3.05, 3.63) is 0 Å². The maximum absolute atomic E-state index is 12.4. The molecule has 120 valence electrons. The van der Waals surface area contributed by atoms with Crippen molar-refractivity contribution in [2.45, 2.75) is 39.5 Å². The van der Waals surface area contributed by atoms with E-state index < -0.39 is 15.5 Å². The Labute approximate surface area is 126 Å². The van der Waals surface area contributed by atoms with E-state index in [4.69, 9.17) is 8.92 Å². The fourth-order valence-electron chi connectivity index (χ4n) is 4.37. The lowest BCUT2D eigenvalue weighted by Crippen LogP contribution is -2.42. The van der Waals surface area contributed by atoms with Crippen LogP contribution in [0.2, 0.25) is 0 Å². The van der Waals surface area contributed by atoms with Crippen LogP contribution in [0.1, 0.15) is 39.5 Å². The van der Waals surface area contributed by atoms with Gasteiger partial charge >= 0.3 is 0 Å². The molecule has 1 aliphatic heterocycles. The standard InChI is InChI=1S/C15H24O5S/c1-14(2)12-3-5-15(14,13(16)7-12)10-21(17,18)20-9-11-4-6-19-8-11/h11-12H,3-10H2,1-2H3. The molecule has 0 aromatic heterocycles. The zero-order valence-electron chi connectivity index (χ0n) is 12.8. The van der Waals surface area contributed by atoms with Crippen LogP contribution >= 0.6 is 0 Å². The molecule has 2 aliphatic carbocycles. The summed E-state index contributed by atoms with van der Waals surface area (Å²) >= 11 is 0. The van der Waals surface area contributed by atoms with Gasteiger partial charge in [0.15, 0.2) is 0 Å². The molecule has 0 aromatic rings. The number of fused-ring (bicyclic) bond motifs is 2. The van der Waals surface area contributed by atoms with Gasteiger partial charge < -0.3 is 4.74 Å². The lowest BCUT2D eigenvalue weighted by atomic mass is 9.70. The molecule has 3 rings (SSSR count). The first-order chi connectivity index (χ1) is 9.77. The average Bonchev–Trinajstić information content (AvgIpc) is 3.02. The van der Waals surface area contributed by atoms with Gasteiger partial charge in [0.05, 0.1) is 24.4 Å². The maximum atomic E-state index is 12.4. The van der Waals surface area contributed by atoms with E-state index in [1.807, 2.05) is 13.8 Å². The van der Waals surface area contributed by atoms with Gasteiger partial charge in [-0.15, -0.1) is 0 Å². The second-order valence-corrected chi connectivity index (χ2v) is 9.02. The van der Waals surface area contributed by atoms with Gasteiger partial charge in [-0.2, -0.15) is 8.42 Å². The van der Waals surface area contributed by atoms with E-state index in [1.165, 1.54) is 0 Å².